The van der Waals surface area contributed by atoms with E-state index in [1.165, 1.54) is 40.4 Å². The number of aromatic nitrogens is 2. The van der Waals surface area contributed by atoms with Crippen molar-refractivity contribution >= 4 is 35.2 Å². The number of halogens is 1. The fourth-order valence-corrected chi connectivity index (χ4v) is 3.26. The Morgan fingerprint density at radius 3 is 2.76 bits per heavy atom. The van der Waals surface area contributed by atoms with E-state index in [2.05, 4.69) is 30.5 Å². The highest BCUT2D eigenvalue weighted by atomic mass is 35.5. The summed E-state index contributed by atoms with van der Waals surface area (Å²) in [5.41, 5.74) is 5.18. The molecular formula is C13H17ClN2S. The number of rotatable bonds is 0. The fraction of sp³-hybridized carbons (Fsp3) is 0.462. The van der Waals surface area contributed by atoms with Gasteiger partial charge >= 0.3 is 0 Å². The molecule has 1 aliphatic rings. The molecule has 0 saturated heterocycles. The standard InChI is InChI=1S/C13H16N2S.ClH/c1-9-7-11-12(8-10(9)2)15-5-3-4-6-16-13(15)14-11;/h7-8H,3-6H2,1-2H3;1H. The van der Waals surface area contributed by atoms with Crippen molar-refractivity contribution in [2.24, 2.45) is 0 Å². The van der Waals surface area contributed by atoms with Gasteiger partial charge in [-0.1, -0.05) is 11.8 Å². The van der Waals surface area contributed by atoms with Crippen molar-refractivity contribution in [3.05, 3.63) is 23.3 Å². The van der Waals surface area contributed by atoms with Crippen LogP contribution in [0.2, 0.25) is 0 Å². The first kappa shape index (κ1) is 12.8. The van der Waals surface area contributed by atoms with Crippen LogP contribution in [0.3, 0.4) is 0 Å². The first-order valence-corrected chi connectivity index (χ1v) is 6.84. The van der Waals surface area contributed by atoms with E-state index < -0.39 is 0 Å². The molecule has 0 spiro atoms. The lowest BCUT2D eigenvalue weighted by Crippen LogP contribution is -1.97. The van der Waals surface area contributed by atoms with Gasteiger partial charge in [0.25, 0.3) is 0 Å². The third-order valence-electron chi connectivity index (χ3n) is 3.34. The summed E-state index contributed by atoms with van der Waals surface area (Å²) in [6.45, 7) is 5.46. The quantitative estimate of drug-likeness (QED) is 0.720. The van der Waals surface area contributed by atoms with Gasteiger partial charge in [0, 0.05) is 12.3 Å². The molecule has 0 fully saturated rings. The molecule has 0 amide bonds. The molecular weight excluding hydrogens is 252 g/mol. The zero-order valence-corrected chi connectivity index (χ0v) is 11.8. The second-order valence-corrected chi connectivity index (χ2v) is 5.59. The first-order valence-electron chi connectivity index (χ1n) is 5.86. The summed E-state index contributed by atoms with van der Waals surface area (Å²) in [7, 11) is 0. The third-order valence-corrected chi connectivity index (χ3v) is 4.40. The van der Waals surface area contributed by atoms with Crippen LogP contribution in [0.4, 0.5) is 0 Å². The SMILES string of the molecule is Cc1cc2nc3n(c2cc1C)CCCCS3.Cl. The Hall–Kier alpha value is -0.670. The second kappa shape index (κ2) is 4.91. The topological polar surface area (TPSA) is 17.8 Å². The maximum Gasteiger partial charge on any atom is 0.169 e. The monoisotopic (exact) mass is 268 g/mol. The minimum atomic E-state index is 0. The summed E-state index contributed by atoms with van der Waals surface area (Å²) in [5, 5.41) is 1.21. The molecule has 4 heteroatoms. The molecule has 0 unspecified atom stereocenters. The molecule has 1 aliphatic heterocycles. The van der Waals surface area contributed by atoms with Gasteiger partial charge in [-0.3, -0.25) is 0 Å². The molecule has 2 aromatic rings. The number of benzene rings is 1. The van der Waals surface area contributed by atoms with E-state index in [1.54, 1.807) is 0 Å². The molecule has 0 aliphatic carbocycles. The number of hydrogen-bond donors (Lipinski definition) is 0. The average molecular weight is 269 g/mol. The van der Waals surface area contributed by atoms with Gasteiger partial charge in [0.05, 0.1) is 11.0 Å². The molecule has 1 aromatic carbocycles. The van der Waals surface area contributed by atoms with Gasteiger partial charge in [0.2, 0.25) is 0 Å². The number of fused-ring (bicyclic) bond motifs is 3. The van der Waals surface area contributed by atoms with E-state index >= 15 is 0 Å². The predicted octanol–water partition coefficient (Wildman–Crippen LogP) is 3.96. The zero-order valence-electron chi connectivity index (χ0n) is 10.2. The fourth-order valence-electron chi connectivity index (χ4n) is 2.22. The highest BCUT2D eigenvalue weighted by Gasteiger charge is 2.14. The van der Waals surface area contributed by atoms with Crippen molar-refractivity contribution < 1.29 is 0 Å². The Bertz CT molecular complexity index is 548. The number of aryl methyl sites for hydroxylation is 3. The Morgan fingerprint density at radius 1 is 1.18 bits per heavy atom. The largest absolute Gasteiger partial charge is 0.319 e. The van der Waals surface area contributed by atoms with E-state index in [0.29, 0.717) is 0 Å². The van der Waals surface area contributed by atoms with Crippen LogP contribution in [0.25, 0.3) is 11.0 Å². The molecule has 0 atom stereocenters. The lowest BCUT2D eigenvalue weighted by Gasteiger charge is -2.05. The van der Waals surface area contributed by atoms with Crippen molar-refractivity contribution in [1.29, 1.82) is 0 Å². The highest BCUT2D eigenvalue weighted by molar-refractivity contribution is 7.99. The van der Waals surface area contributed by atoms with Gasteiger partial charge in [-0.25, -0.2) is 4.98 Å². The van der Waals surface area contributed by atoms with E-state index in [4.69, 9.17) is 4.98 Å². The van der Waals surface area contributed by atoms with Gasteiger partial charge in [-0.2, -0.15) is 0 Å². The minimum absolute atomic E-state index is 0. The Labute approximate surface area is 112 Å². The third kappa shape index (κ3) is 2.18. The molecule has 0 saturated carbocycles. The van der Waals surface area contributed by atoms with E-state index in [1.807, 2.05) is 11.8 Å². The molecule has 0 bridgehead atoms. The number of hydrogen-bond acceptors (Lipinski definition) is 2. The van der Waals surface area contributed by atoms with Gasteiger partial charge < -0.3 is 4.57 Å². The molecule has 2 heterocycles. The van der Waals surface area contributed by atoms with Gasteiger partial charge in [0.15, 0.2) is 5.16 Å². The summed E-state index contributed by atoms with van der Waals surface area (Å²) >= 11 is 1.90. The van der Waals surface area contributed by atoms with Crippen LogP contribution in [-0.2, 0) is 6.54 Å². The van der Waals surface area contributed by atoms with Crippen molar-refractivity contribution in [1.82, 2.24) is 9.55 Å². The van der Waals surface area contributed by atoms with Crippen LogP contribution < -0.4 is 0 Å². The summed E-state index contributed by atoms with van der Waals surface area (Å²) in [6, 6.07) is 4.50. The van der Waals surface area contributed by atoms with Crippen molar-refractivity contribution in [2.75, 3.05) is 5.75 Å². The Morgan fingerprint density at radius 2 is 1.94 bits per heavy atom. The minimum Gasteiger partial charge on any atom is -0.319 e. The predicted molar refractivity (Wildman–Crippen MR) is 76.4 cm³/mol. The zero-order chi connectivity index (χ0) is 11.1. The van der Waals surface area contributed by atoms with Crippen LogP contribution in [0, 0.1) is 13.8 Å². The Kier molecular flexibility index (Phi) is 3.69. The van der Waals surface area contributed by atoms with Crippen LogP contribution in [0.1, 0.15) is 24.0 Å². The molecule has 3 rings (SSSR count). The summed E-state index contributed by atoms with van der Waals surface area (Å²) in [5.74, 6) is 1.21. The smallest absolute Gasteiger partial charge is 0.169 e. The van der Waals surface area contributed by atoms with E-state index in [-0.39, 0.29) is 12.4 Å². The van der Waals surface area contributed by atoms with Gasteiger partial charge in [-0.05, 0) is 49.9 Å². The van der Waals surface area contributed by atoms with Crippen molar-refractivity contribution in [2.45, 2.75) is 38.4 Å². The van der Waals surface area contributed by atoms with E-state index in [9.17, 15) is 0 Å². The molecule has 2 nitrogen and oxygen atoms in total. The van der Waals surface area contributed by atoms with Crippen LogP contribution in [0.15, 0.2) is 17.3 Å². The lowest BCUT2D eigenvalue weighted by molar-refractivity contribution is 0.617. The van der Waals surface area contributed by atoms with Crippen LogP contribution in [0.5, 0.6) is 0 Å². The summed E-state index contributed by atoms with van der Waals surface area (Å²) < 4.78 is 2.39. The van der Waals surface area contributed by atoms with Crippen molar-refractivity contribution in [3.63, 3.8) is 0 Å². The maximum atomic E-state index is 4.74. The molecule has 1 aromatic heterocycles. The molecule has 17 heavy (non-hydrogen) atoms. The first-order chi connectivity index (χ1) is 7.75. The maximum absolute atomic E-state index is 4.74. The average Bonchev–Trinajstić information content (AvgIpc) is 2.47. The summed E-state index contributed by atoms with van der Waals surface area (Å²) in [4.78, 5) is 4.74. The second-order valence-electron chi connectivity index (χ2n) is 4.53. The molecule has 0 N–H and O–H groups in total. The normalized spacial score (nSPS) is 15.2. The number of thioether (sulfide) groups is 1. The molecule has 92 valence electrons. The van der Waals surface area contributed by atoms with Crippen LogP contribution in [-0.4, -0.2) is 15.3 Å². The van der Waals surface area contributed by atoms with Crippen molar-refractivity contribution in [3.8, 4) is 0 Å². The highest BCUT2D eigenvalue weighted by Crippen LogP contribution is 2.29. The number of imidazole rings is 1. The lowest BCUT2D eigenvalue weighted by atomic mass is 10.1. The number of nitrogens with zero attached hydrogens (tertiary/aromatic N) is 2. The summed E-state index contributed by atoms with van der Waals surface area (Å²) in [6.07, 6.45) is 2.58. The van der Waals surface area contributed by atoms with Gasteiger partial charge in [-0.15, -0.1) is 12.4 Å². The van der Waals surface area contributed by atoms with E-state index in [0.717, 1.165) is 12.1 Å². The Balaban J connectivity index is 0.00000108. The molecule has 0 radical (unpaired) electrons. The van der Waals surface area contributed by atoms with Crippen LogP contribution >= 0.6 is 24.2 Å². The van der Waals surface area contributed by atoms with Gasteiger partial charge in [0.1, 0.15) is 0 Å².